The van der Waals surface area contributed by atoms with Gasteiger partial charge in [-0.15, -0.1) is 11.3 Å². The monoisotopic (exact) mass is 294 g/mol. The second kappa shape index (κ2) is 6.00. The molecule has 2 rings (SSSR count). The number of aromatic carboxylic acids is 1. The second-order valence-corrected chi connectivity index (χ2v) is 5.50. The van der Waals surface area contributed by atoms with Crippen molar-refractivity contribution in [3.63, 3.8) is 0 Å². The van der Waals surface area contributed by atoms with Gasteiger partial charge in [-0.3, -0.25) is 0 Å². The molecule has 0 aliphatic rings. The molecular weight excluding hydrogens is 279 g/mol. The van der Waals surface area contributed by atoms with E-state index in [0.29, 0.717) is 0 Å². The average molecular weight is 294 g/mol. The number of carbonyl (C=O) groups is 1. The van der Waals surface area contributed by atoms with Gasteiger partial charge in [-0.2, -0.15) is 0 Å². The molecule has 106 valence electrons. The molecule has 6 heteroatoms. The largest absolute Gasteiger partial charge is 0.478 e. The summed E-state index contributed by atoms with van der Waals surface area (Å²) < 4.78 is 13.8. The van der Waals surface area contributed by atoms with Crippen LogP contribution in [0.5, 0.6) is 0 Å². The number of thiazole rings is 1. The number of aromatic nitrogens is 1. The number of nitrogens with one attached hydrogen (secondary N) is 1. The second-order valence-electron chi connectivity index (χ2n) is 4.35. The van der Waals surface area contributed by atoms with Crippen LogP contribution in [0.1, 0.15) is 40.1 Å². The van der Waals surface area contributed by atoms with E-state index in [4.69, 9.17) is 5.11 Å². The van der Waals surface area contributed by atoms with Crippen LogP contribution in [0.4, 0.5) is 10.1 Å². The molecule has 2 aromatic rings. The first-order chi connectivity index (χ1) is 9.52. The van der Waals surface area contributed by atoms with Crippen LogP contribution in [0.25, 0.3) is 0 Å². The number of anilines is 1. The van der Waals surface area contributed by atoms with Gasteiger partial charge in [-0.1, -0.05) is 13.0 Å². The van der Waals surface area contributed by atoms with Gasteiger partial charge in [0, 0.05) is 11.1 Å². The Morgan fingerprint density at radius 2 is 2.30 bits per heavy atom. The highest BCUT2D eigenvalue weighted by atomic mass is 32.1. The summed E-state index contributed by atoms with van der Waals surface area (Å²) in [5.41, 5.74) is -0.0788. The molecule has 0 bridgehead atoms. The molecule has 1 unspecified atom stereocenters. The summed E-state index contributed by atoms with van der Waals surface area (Å²) >= 11 is 1.54. The minimum Gasteiger partial charge on any atom is -0.478 e. The summed E-state index contributed by atoms with van der Waals surface area (Å²) in [5, 5.41) is 12.8. The molecular formula is C14H15FN2O2S. The van der Waals surface area contributed by atoms with Crippen LogP contribution in [0.15, 0.2) is 24.4 Å². The molecule has 0 amide bonds. The Hall–Kier alpha value is -1.95. The summed E-state index contributed by atoms with van der Waals surface area (Å²) in [6.45, 7) is 3.87. The molecule has 4 nitrogen and oxygen atoms in total. The van der Waals surface area contributed by atoms with Crippen LogP contribution in [0.2, 0.25) is 0 Å². The van der Waals surface area contributed by atoms with Gasteiger partial charge in [0.25, 0.3) is 0 Å². The Morgan fingerprint density at radius 3 is 2.90 bits per heavy atom. The highest BCUT2D eigenvalue weighted by molar-refractivity contribution is 7.11. The third kappa shape index (κ3) is 2.96. The predicted molar refractivity (Wildman–Crippen MR) is 76.9 cm³/mol. The Kier molecular flexibility index (Phi) is 4.34. The zero-order chi connectivity index (χ0) is 14.7. The summed E-state index contributed by atoms with van der Waals surface area (Å²) in [6, 6.07) is 3.74. The zero-order valence-electron chi connectivity index (χ0n) is 11.2. The number of benzene rings is 1. The van der Waals surface area contributed by atoms with Crippen molar-refractivity contribution in [1.29, 1.82) is 0 Å². The quantitative estimate of drug-likeness (QED) is 0.882. The molecule has 1 heterocycles. The van der Waals surface area contributed by atoms with Crippen molar-refractivity contribution in [2.45, 2.75) is 26.3 Å². The Labute approximate surface area is 120 Å². The normalized spacial score (nSPS) is 12.2. The topological polar surface area (TPSA) is 62.2 Å². The fourth-order valence-electron chi connectivity index (χ4n) is 1.81. The first-order valence-corrected chi connectivity index (χ1v) is 7.07. The highest BCUT2D eigenvalue weighted by Crippen LogP contribution is 2.27. The molecule has 0 radical (unpaired) electrons. The number of hydrogen-bond acceptors (Lipinski definition) is 4. The van der Waals surface area contributed by atoms with Crippen molar-refractivity contribution in [3.8, 4) is 0 Å². The summed E-state index contributed by atoms with van der Waals surface area (Å²) in [4.78, 5) is 16.5. The van der Waals surface area contributed by atoms with Crippen LogP contribution in [0, 0.1) is 5.82 Å². The van der Waals surface area contributed by atoms with Crippen LogP contribution < -0.4 is 5.32 Å². The molecule has 0 aliphatic carbocycles. The standard InChI is InChI=1S/C14H15FN2O2S/c1-3-9-7-16-13(20-9)8(2)17-12-10(14(18)19)5-4-6-11(12)15/h4-8,17H,3H2,1-2H3,(H,18,19). The third-order valence-electron chi connectivity index (χ3n) is 2.90. The lowest BCUT2D eigenvalue weighted by Gasteiger charge is -2.15. The van der Waals surface area contributed by atoms with Crippen molar-refractivity contribution >= 4 is 23.0 Å². The lowest BCUT2D eigenvalue weighted by molar-refractivity contribution is 0.0697. The molecule has 0 spiro atoms. The van der Waals surface area contributed by atoms with Gasteiger partial charge < -0.3 is 10.4 Å². The number of aryl methyl sites for hydroxylation is 1. The fourth-order valence-corrected chi connectivity index (χ4v) is 2.67. The SMILES string of the molecule is CCc1cnc(C(C)Nc2c(F)cccc2C(=O)O)s1. The molecule has 2 N–H and O–H groups in total. The summed E-state index contributed by atoms with van der Waals surface area (Å²) in [5.74, 6) is -1.74. The van der Waals surface area contributed by atoms with E-state index in [1.807, 2.05) is 13.8 Å². The maximum atomic E-state index is 13.8. The van der Waals surface area contributed by atoms with Crippen molar-refractivity contribution in [3.05, 3.63) is 45.7 Å². The average Bonchev–Trinajstić information content (AvgIpc) is 2.89. The molecule has 0 aliphatic heterocycles. The van der Waals surface area contributed by atoms with Gasteiger partial charge in [0.05, 0.1) is 17.3 Å². The Bertz CT molecular complexity index is 627. The molecule has 1 atom stereocenters. The number of carboxylic acid groups (broad SMARTS) is 1. The Balaban J connectivity index is 2.27. The predicted octanol–water partition coefficient (Wildman–Crippen LogP) is 3.72. The first-order valence-electron chi connectivity index (χ1n) is 6.25. The summed E-state index contributed by atoms with van der Waals surface area (Å²) in [7, 11) is 0. The van der Waals surface area contributed by atoms with Gasteiger partial charge >= 0.3 is 5.97 Å². The van der Waals surface area contributed by atoms with Crippen LogP contribution in [-0.2, 0) is 6.42 Å². The van der Waals surface area contributed by atoms with Crippen LogP contribution in [-0.4, -0.2) is 16.1 Å². The lowest BCUT2D eigenvalue weighted by atomic mass is 10.1. The van der Waals surface area contributed by atoms with E-state index < -0.39 is 11.8 Å². The number of rotatable bonds is 5. The number of carboxylic acids is 1. The van der Waals surface area contributed by atoms with E-state index >= 15 is 0 Å². The first kappa shape index (κ1) is 14.5. The van der Waals surface area contributed by atoms with E-state index in [1.165, 1.54) is 29.5 Å². The van der Waals surface area contributed by atoms with Gasteiger partial charge in [0.2, 0.25) is 0 Å². The lowest BCUT2D eigenvalue weighted by Crippen LogP contribution is -2.12. The minimum atomic E-state index is -1.16. The smallest absolute Gasteiger partial charge is 0.337 e. The minimum absolute atomic E-state index is 0.000693. The molecule has 20 heavy (non-hydrogen) atoms. The van der Waals surface area contributed by atoms with E-state index in [2.05, 4.69) is 10.3 Å². The maximum Gasteiger partial charge on any atom is 0.337 e. The zero-order valence-corrected chi connectivity index (χ0v) is 12.0. The van der Waals surface area contributed by atoms with Crippen LogP contribution >= 0.6 is 11.3 Å². The van der Waals surface area contributed by atoms with Crippen molar-refractivity contribution in [2.24, 2.45) is 0 Å². The van der Waals surface area contributed by atoms with Crippen molar-refractivity contribution in [1.82, 2.24) is 4.98 Å². The summed E-state index contributed by atoms with van der Waals surface area (Å²) in [6.07, 6.45) is 2.68. The van der Waals surface area contributed by atoms with E-state index in [1.54, 1.807) is 6.20 Å². The van der Waals surface area contributed by atoms with Gasteiger partial charge in [-0.25, -0.2) is 14.2 Å². The van der Waals surface area contributed by atoms with Gasteiger partial charge in [0.15, 0.2) is 0 Å². The molecule has 1 aromatic carbocycles. The maximum absolute atomic E-state index is 13.8. The van der Waals surface area contributed by atoms with E-state index in [-0.39, 0.29) is 17.3 Å². The van der Waals surface area contributed by atoms with E-state index in [9.17, 15) is 9.18 Å². The van der Waals surface area contributed by atoms with Crippen LogP contribution in [0.3, 0.4) is 0 Å². The third-order valence-corrected chi connectivity index (χ3v) is 4.22. The number of halogens is 1. The van der Waals surface area contributed by atoms with E-state index in [0.717, 1.165) is 16.3 Å². The molecule has 1 aromatic heterocycles. The Morgan fingerprint density at radius 1 is 1.55 bits per heavy atom. The van der Waals surface area contributed by atoms with Crippen molar-refractivity contribution < 1.29 is 14.3 Å². The number of para-hydroxylation sites is 1. The van der Waals surface area contributed by atoms with Gasteiger partial charge in [-0.05, 0) is 25.5 Å². The van der Waals surface area contributed by atoms with Gasteiger partial charge in [0.1, 0.15) is 10.8 Å². The fraction of sp³-hybridized carbons (Fsp3) is 0.286. The number of hydrogen-bond donors (Lipinski definition) is 2. The molecule has 0 saturated carbocycles. The van der Waals surface area contributed by atoms with Crippen molar-refractivity contribution in [2.75, 3.05) is 5.32 Å². The number of nitrogens with zero attached hydrogens (tertiary/aromatic N) is 1. The molecule has 0 fully saturated rings. The molecule has 0 saturated heterocycles. The highest BCUT2D eigenvalue weighted by Gasteiger charge is 2.18.